The zero-order valence-corrected chi connectivity index (χ0v) is 24.9. The smallest absolute Gasteiger partial charge is 0.264 e. The second-order valence-electron chi connectivity index (χ2n) is 10.4. The first-order valence-electron chi connectivity index (χ1n) is 14.3. The topological polar surface area (TPSA) is 96.0 Å². The van der Waals surface area contributed by atoms with E-state index >= 15 is 0 Å². The number of hydrogen-bond acceptors (Lipinski definition) is 5. The predicted octanol–water partition coefficient (Wildman–Crippen LogP) is 5.29. The molecule has 1 aliphatic carbocycles. The number of para-hydroxylation sites is 1. The second kappa shape index (κ2) is 14.3. The number of benzene rings is 3. The number of amides is 2. The summed E-state index contributed by atoms with van der Waals surface area (Å²) in [5, 5.41) is 3.14. The van der Waals surface area contributed by atoms with Gasteiger partial charge in [0.05, 0.1) is 17.7 Å². The molecule has 0 aromatic heterocycles. The largest absolute Gasteiger partial charge is 0.497 e. The van der Waals surface area contributed by atoms with Gasteiger partial charge in [-0.3, -0.25) is 13.9 Å². The third-order valence-electron chi connectivity index (χ3n) is 7.55. The first-order valence-corrected chi connectivity index (χ1v) is 15.7. The number of halogens is 1. The number of carbonyl (C=O) groups excluding carboxylic acids is 2. The Morgan fingerprint density at radius 3 is 2.31 bits per heavy atom. The van der Waals surface area contributed by atoms with Crippen LogP contribution in [-0.4, -0.2) is 50.9 Å². The fourth-order valence-corrected chi connectivity index (χ4v) is 6.70. The third-order valence-corrected chi connectivity index (χ3v) is 9.34. The molecule has 0 heterocycles. The minimum absolute atomic E-state index is 0.0498. The van der Waals surface area contributed by atoms with Gasteiger partial charge in [0, 0.05) is 12.6 Å². The summed E-state index contributed by atoms with van der Waals surface area (Å²) >= 11 is 0. The minimum Gasteiger partial charge on any atom is -0.497 e. The van der Waals surface area contributed by atoms with Gasteiger partial charge in [0.2, 0.25) is 11.8 Å². The highest BCUT2D eigenvalue weighted by molar-refractivity contribution is 7.92. The number of rotatable bonds is 12. The number of hydrogen-bond donors (Lipinski definition) is 1. The lowest BCUT2D eigenvalue weighted by Gasteiger charge is -2.34. The van der Waals surface area contributed by atoms with E-state index in [0.29, 0.717) is 12.2 Å². The molecule has 4 rings (SSSR count). The van der Waals surface area contributed by atoms with E-state index in [1.807, 2.05) is 13.0 Å². The monoisotopic (exact) mass is 595 g/mol. The first kappa shape index (κ1) is 31.0. The molecule has 2 amide bonds. The van der Waals surface area contributed by atoms with Crippen molar-refractivity contribution in [2.75, 3.05) is 18.0 Å². The molecule has 0 radical (unpaired) electrons. The van der Waals surface area contributed by atoms with Gasteiger partial charge < -0.3 is 15.0 Å². The molecule has 8 nitrogen and oxygen atoms in total. The quantitative estimate of drug-likeness (QED) is 0.307. The molecule has 1 unspecified atom stereocenters. The Bertz CT molecular complexity index is 1440. The fourth-order valence-electron chi connectivity index (χ4n) is 5.29. The van der Waals surface area contributed by atoms with Crippen LogP contribution in [0.4, 0.5) is 10.1 Å². The summed E-state index contributed by atoms with van der Waals surface area (Å²) in [7, 11) is -2.71. The van der Waals surface area contributed by atoms with Crippen LogP contribution in [0, 0.1) is 5.82 Å². The predicted molar refractivity (Wildman–Crippen MR) is 160 cm³/mol. The van der Waals surface area contributed by atoms with Gasteiger partial charge in [-0.1, -0.05) is 56.5 Å². The molecule has 3 aromatic carbocycles. The Labute approximate surface area is 247 Å². The van der Waals surface area contributed by atoms with Crippen LogP contribution in [-0.2, 0) is 26.2 Å². The van der Waals surface area contributed by atoms with Crippen molar-refractivity contribution < 1.29 is 27.1 Å². The average Bonchev–Trinajstić information content (AvgIpc) is 3.00. The molecule has 0 spiro atoms. The highest BCUT2D eigenvalue weighted by atomic mass is 32.2. The zero-order valence-electron chi connectivity index (χ0n) is 24.0. The van der Waals surface area contributed by atoms with Gasteiger partial charge in [-0.05, 0) is 73.4 Å². The molecule has 0 aliphatic heterocycles. The molecular weight excluding hydrogens is 557 g/mol. The molecule has 1 atom stereocenters. The van der Waals surface area contributed by atoms with Crippen LogP contribution >= 0.6 is 0 Å². The Hall–Kier alpha value is -3.92. The van der Waals surface area contributed by atoms with Crippen molar-refractivity contribution in [3.63, 3.8) is 0 Å². The Morgan fingerprint density at radius 2 is 1.67 bits per heavy atom. The Morgan fingerprint density at radius 1 is 0.976 bits per heavy atom. The Balaban J connectivity index is 1.69. The van der Waals surface area contributed by atoms with E-state index < -0.39 is 34.3 Å². The van der Waals surface area contributed by atoms with Crippen LogP contribution in [0.15, 0.2) is 83.8 Å². The van der Waals surface area contributed by atoms with Crippen molar-refractivity contribution in [3.05, 3.63) is 90.2 Å². The van der Waals surface area contributed by atoms with E-state index in [0.717, 1.165) is 54.1 Å². The number of anilines is 1. The number of sulfonamides is 1. The van der Waals surface area contributed by atoms with Crippen LogP contribution in [0.3, 0.4) is 0 Å². The lowest BCUT2D eigenvalue weighted by molar-refractivity contribution is -0.140. The molecule has 0 saturated heterocycles. The van der Waals surface area contributed by atoms with Crippen molar-refractivity contribution in [2.24, 2.45) is 0 Å². The number of carbonyl (C=O) groups is 2. The molecule has 1 saturated carbocycles. The molecule has 224 valence electrons. The maximum absolute atomic E-state index is 14.2. The van der Waals surface area contributed by atoms with Crippen LogP contribution < -0.4 is 14.4 Å². The van der Waals surface area contributed by atoms with Crippen LogP contribution in [0.1, 0.15) is 51.0 Å². The minimum atomic E-state index is -4.26. The molecular formula is C32H38FN3O5S. The van der Waals surface area contributed by atoms with Gasteiger partial charge in [-0.2, -0.15) is 0 Å². The van der Waals surface area contributed by atoms with Crippen LogP contribution in [0.25, 0.3) is 0 Å². The maximum atomic E-state index is 14.2. The van der Waals surface area contributed by atoms with E-state index in [2.05, 4.69) is 5.32 Å². The van der Waals surface area contributed by atoms with Gasteiger partial charge in [-0.25, -0.2) is 12.8 Å². The number of methoxy groups -OCH3 is 1. The summed E-state index contributed by atoms with van der Waals surface area (Å²) in [6, 6.07) is 19.2. The summed E-state index contributed by atoms with van der Waals surface area (Å²) in [5.74, 6) is -0.772. The van der Waals surface area contributed by atoms with E-state index in [1.165, 1.54) is 17.0 Å². The van der Waals surface area contributed by atoms with Crippen molar-refractivity contribution in [3.8, 4) is 5.75 Å². The van der Waals surface area contributed by atoms with Crippen molar-refractivity contribution >= 4 is 27.5 Å². The summed E-state index contributed by atoms with van der Waals surface area (Å²) in [6.45, 7) is 1.36. The summed E-state index contributed by atoms with van der Waals surface area (Å²) < 4.78 is 47.6. The normalized spacial score (nSPS) is 14.5. The van der Waals surface area contributed by atoms with Gasteiger partial charge >= 0.3 is 0 Å². The number of nitrogens with zero attached hydrogens (tertiary/aromatic N) is 2. The van der Waals surface area contributed by atoms with Gasteiger partial charge in [0.15, 0.2) is 0 Å². The van der Waals surface area contributed by atoms with Crippen molar-refractivity contribution in [1.82, 2.24) is 10.2 Å². The lowest BCUT2D eigenvalue weighted by atomic mass is 9.95. The van der Waals surface area contributed by atoms with E-state index in [-0.39, 0.29) is 29.1 Å². The third kappa shape index (κ3) is 7.67. The van der Waals surface area contributed by atoms with E-state index in [9.17, 15) is 22.4 Å². The molecule has 42 heavy (non-hydrogen) atoms. The maximum Gasteiger partial charge on any atom is 0.264 e. The summed E-state index contributed by atoms with van der Waals surface area (Å²) in [6.07, 6.45) is 5.35. The summed E-state index contributed by atoms with van der Waals surface area (Å²) in [4.78, 5) is 29.1. The lowest BCUT2D eigenvalue weighted by Crippen LogP contribution is -2.54. The van der Waals surface area contributed by atoms with Gasteiger partial charge in [0.25, 0.3) is 10.0 Å². The van der Waals surface area contributed by atoms with Crippen LogP contribution in [0.2, 0.25) is 0 Å². The van der Waals surface area contributed by atoms with Gasteiger partial charge in [0.1, 0.15) is 24.2 Å². The second-order valence-corrected chi connectivity index (χ2v) is 12.3. The molecule has 1 fully saturated rings. The molecule has 0 bridgehead atoms. The zero-order chi connectivity index (χ0) is 30.1. The van der Waals surface area contributed by atoms with Crippen LogP contribution in [0.5, 0.6) is 5.75 Å². The number of nitrogens with one attached hydrogen (secondary N) is 1. The van der Waals surface area contributed by atoms with Crippen molar-refractivity contribution in [1.29, 1.82) is 0 Å². The van der Waals surface area contributed by atoms with E-state index in [1.54, 1.807) is 55.6 Å². The molecule has 10 heteroatoms. The molecule has 1 N–H and O–H groups in total. The molecule has 3 aromatic rings. The SMILES string of the molecule is CCC(C(=O)NC1CCCCC1)N(Cc1cccc(OC)c1)C(=O)CN(c1ccccc1)S(=O)(=O)c1ccc(F)cc1. The fraction of sp³-hybridized carbons (Fsp3) is 0.375. The van der Waals surface area contributed by atoms with Crippen molar-refractivity contribution in [2.45, 2.75) is 69.0 Å². The highest BCUT2D eigenvalue weighted by Gasteiger charge is 2.34. The molecule has 1 aliphatic rings. The number of ether oxygens (including phenoxy) is 1. The standard InChI is InChI=1S/C32H38FN3O5S/c1-3-30(32(38)34-26-12-6-4-7-13-26)35(22-24-11-10-16-28(21-24)41-2)31(37)23-36(27-14-8-5-9-15-27)42(39,40)29-19-17-25(33)18-20-29/h5,8-11,14-21,26,30H,3-4,6-7,12-13,22-23H2,1-2H3,(H,34,38). The van der Waals surface area contributed by atoms with Gasteiger partial charge in [-0.15, -0.1) is 0 Å². The summed E-state index contributed by atoms with van der Waals surface area (Å²) in [5.41, 5.74) is 1.01. The Kier molecular flexibility index (Phi) is 10.6. The highest BCUT2D eigenvalue weighted by Crippen LogP contribution is 2.26. The first-order chi connectivity index (χ1) is 20.2. The van der Waals surface area contributed by atoms with E-state index in [4.69, 9.17) is 4.74 Å². The average molecular weight is 596 g/mol.